The lowest BCUT2D eigenvalue weighted by Crippen LogP contribution is -2.43. The van der Waals surface area contributed by atoms with Crippen molar-refractivity contribution in [2.75, 3.05) is 0 Å². The average Bonchev–Trinajstić information content (AvgIpc) is 1.73. The Kier molecular flexibility index (Phi) is 1.32. The molecule has 0 saturated carbocycles. The van der Waals surface area contributed by atoms with E-state index < -0.39 is 0 Å². The number of hydrogen-bond donors (Lipinski definition) is 1. The first-order valence-corrected chi connectivity index (χ1v) is 3.66. The maximum atomic E-state index is 11.0. The van der Waals surface area contributed by atoms with Crippen LogP contribution in [-0.2, 0) is 4.79 Å². The molecule has 10 heavy (non-hydrogen) atoms. The summed E-state index contributed by atoms with van der Waals surface area (Å²) in [6.07, 6.45) is 0.653. The van der Waals surface area contributed by atoms with Crippen LogP contribution in [0, 0.1) is 5.41 Å². The Morgan fingerprint density at radius 3 is 1.90 bits per heavy atom. The van der Waals surface area contributed by atoms with Crippen molar-refractivity contribution >= 4 is 5.91 Å². The third-order valence-corrected chi connectivity index (χ3v) is 2.75. The molecule has 1 rings (SSSR count). The van der Waals surface area contributed by atoms with Crippen LogP contribution in [0.2, 0.25) is 0 Å². The van der Waals surface area contributed by atoms with Gasteiger partial charge in [-0.3, -0.25) is 4.79 Å². The van der Waals surface area contributed by atoms with Crippen molar-refractivity contribution in [1.82, 2.24) is 5.32 Å². The monoisotopic (exact) mass is 141 g/mol. The van der Waals surface area contributed by atoms with Gasteiger partial charge in [0.05, 0.1) is 0 Å². The van der Waals surface area contributed by atoms with Gasteiger partial charge in [-0.15, -0.1) is 0 Å². The molecule has 0 aliphatic carbocycles. The molecule has 0 unspecified atom stereocenters. The standard InChI is InChI=1S/C8H15NO/c1-7(2)5-6(10)9-8(7,3)4/h5H2,1-4H3,(H,9,10). The Morgan fingerprint density at radius 1 is 1.30 bits per heavy atom. The predicted molar refractivity (Wildman–Crippen MR) is 40.6 cm³/mol. The van der Waals surface area contributed by atoms with E-state index in [0.29, 0.717) is 6.42 Å². The van der Waals surface area contributed by atoms with Gasteiger partial charge in [-0.25, -0.2) is 0 Å². The molecule has 1 heterocycles. The Bertz CT molecular complexity index is 152. The van der Waals surface area contributed by atoms with Gasteiger partial charge in [0.15, 0.2) is 0 Å². The van der Waals surface area contributed by atoms with Crippen LogP contribution in [0.4, 0.5) is 0 Å². The highest BCUT2D eigenvalue weighted by atomic mass is 16.2. The summed E-state index contributed by atoms with van der Waals surface area (Å²) < 4.78 is 0. The van der Waals surface area contributed by atoms with Crippen LogP contribution in [0.15, 0.2) is 0 Å². The van der Waals surface area contributed by atoms with Crippen molar-refractivity contribution in [3.8, 4) is 0 Å². The quantitative estimate of drug-likeness (QED) is 0.541. The van der Waals surface area contributed by atoms with Crippen molar-refractivity contribution in [1.29, 1.82) is 0 Å². The van der Waals surface area contributed by atoms with E-state index in [9.17, 15) is 4.79 Å². The summed E-state index contributed by atoms with van der Waals surface area (Å²) in [6.45, 7) is 8.37. The zero-order valence-electron chi connectivity index (χ0n) is 7.12. The van der Waals surface area contributed by atoms with Gasteiger partial charge < -0.3 is 5.32 Å². The molecule has 2 heteroatoms. The third kappa shape index (κ3) is 0.917. The van der Waals surface area contributed by atoms with Gasteiger partial charge in [-0.2, -0.15) is 0 Å². The maximum absolute atomic E-state index is 11.0. The topological polar surface area (TPSA) is 29.1 Å². The predicted octanol–water partition coefficient (Wildman–Crippen LogP) is 1.31. The van der Waals surface area contributed by atoms with Crippen LogP contribution in [0.25, 0.3) is 0 Å². The van der Waals surface area contributed by atoms with E-state index in [1.54, 1.807) is 0 Å². The molecule has 0 bridgehead atoms. The fourth-order valence-corrected chi connectivity index (χ4v) is 1.18. The minimum Gasteiger partial charge on any atom is -0.351 e. The van der Waals surface area contributed by atoms with Crippen LogP contribution in [0.1, 0.15) is 34.1 Å². The van der Waals surface area contributed by atoms with Gasteiger partial charge in [0, 0.05) is 12.0 Å². The van der Waals surface area contributed by atoms with Crippen molar-refractivity contribution < 1.29 is 4.79 Å². The summed E-state index contributed by atoms with van der Waals surface area (Å²) in [5.41, 5.74) is 0.0637. The summed E-state index contributed by atoms with van der Waals surface area (Å²) in [6, 6.07) is 0. The molecule has 1 aliphatic heterocycles. The van der Waals surface area contributed by atoms with Crippen LogP contribution in [-0.4, -0.2) is 11.4 Å². The van der Waals surface area contributed by atoms with Crippen LogP contribution >= 0.6 is 0 Å². The molecule has 0 aromatic carbocycles. The molecule has 1 aliphatic rings. The number of hydrogen-bond acceptors (Lipinski definition) is 1. The van der Waals surface area contributed by atoms with Crippen LogP contribution in [0.3, 0.4) is 0 Å². The van der Waals surface area contributed by atoms with Crippen molar-refractivity contribution in [3.63, 3.8) is 0 Å². The summed E-state index contributed by atoms with van der Waals surface area (Å²) in [7, 11) is 0. The lowest BCUT2D eigenvalue weighted by atomic mass is 9.76. The highest BCUT2D eigenvalue weighted by Gasteiger charge is 2.45. The molecule has 1 amide bonds. The Balaban J connectivity index is 2.88. The zero-order chi connectivity index (χ0) is 7.99. The number of carbonyl (C=O) groups excluding carboxylic acids is 1. The summed E-state index contributed by atoms with van der Waals surface area (Å²) >= 11 is 0. The summed E-state index contributed by atoms with van der Waals surface area (Å²) in [5.74, 6) is 0.176. The van der Waals surface area contributed by atoms with Crippen LogP contribution < -0.4 is 5.32 Å². The van der Waals surface area contributed by atoms with E-state index in [0.717, 1.165) is 0 Å². The number of nitrogens with one attached hydrogen (secondary N) is 1. The van der Waals surface area contributed by atoms with Gasteiger partial charge in [0.25, 0.3) is 0 Å². The van der Waals surface area contributed by atoms with Crippen LogP contribution in [0.5, 0.6) is 0 Å². The van der Waals surface area contributed by atoms with E-state index in [1.165, 1.54) is 0 Å². The Labute approximate surface area is 62.0 Å². The highest BCUT2D eigenvalue weighted by molar-refractivity contribution is 5.80. The van der Waals surface area contributed by atoms with E-state index in [2.05, 4.69) is 33.0 Å². The van der Waals surface area contributed by atoms with E-state index in [4.69, 9.17) is 0 Å². The second-order valence-electron chi connectivity index (χ2n) is 4.23. The van der Waals surface area contributed by atoms with E-state index in [1.807, 2.05) is 0 Å². The van der Waals surface area contributed by atoms with Gasteiger partial charge in [-0.1, -0.05) is 13.8 Å². The molecule has 0 spiro atoms. The Hall–Kier alpha value is -0.530. The lowest BCUT2D eigenvalue weighted by Gasteiger charge is -2.33. The summed E-state index contributed by atoms with van der Waals surface area (Å²) in [5, 5.41) is 2.94. The molecular weight excluding hydrogens is 126 g/mol. The van der Waals surface area contributed by atoms with Gasteiger partial charge in [0.1, 0.15) is 0 Å². The largest absolute Gasteiger partial charge is 0.351 e. The average molecular weight is 141 g/mol. The molecule has 0 atom stereocenters. The molecule has 0 aromatic rings. The maximum Gasteiger partial charge on any atom is 0.221 e. The van der Waals surface area contributed by atoms with Crippen molar-refractivity contribution in [2.45, 2.75) is 39.7 Å². The fraction of sp³-hybridized carbons (Fsp3) is 0.875. The minimum atomic E-state index is -0.0376. The fourth-order valence-electron chi connectivity index (χ4n) is 1.18. The van der Waals surface area contributed by atoms with Gasteiger partial charge >= 0.3 is 0 Å². The molecular formula is C8H15NO. The van der Waals surface area contributed by atoms with Gasteiger partial charge in [-0.05, 0) is 19.3 Å². The molecule has 1 saturated heterocycles. The third-order valence-electron chi connectivity index (χ3n) is 2.75. The smallest absolute Gasteiger partial charge is 0.221 e. The first-order valence-electron chi connectivity index (χ1n) is 3.66. The number of carbonyl (C=O) groups is 1. The zero-order valence-corrected chi connectivity index (χ0v) is 7.12. The molecule has 1 N–H and O–H groups in total. The van der Waals surface area contributed by atoms with Gasteiger partial charge in [0.2, 0.25) is 5.91 Å². The molecule has 2 nitrogen and oxygen atoms in total. The molecule has 58 valence electrons. The van der Waals surface area contributed by atoms with Crippen molar-refractivity contribution in [2.24, 2.45) is 5.41 Å². The molecule has 1 fully saturated rings. The summed E-state index contributed by atoms with van der Waals surface area (Å²) in [4.78, 5) is 11.0. The molecule has 0 radical (unpaired) electrons. The highest BCUT2D eigenvalue weighted by Crippen LogP contribution is 2.38. The first-order chi connectivity index (χ1) is 4.35. The van der Waals surface area contributed by atoms with E-state index in [-0.39, 0.29) is 16.9 Å². The number of rotatable bonds is 0. The first kappa shape index (κ1) is 7.58. The Morgan fingerprint density at radius 2 is 1.80 bits per heavy atom. The minimum absolute atomic E-state index is 0.0376. The SMILES string of the molecule is CC1(C)CC(=O)NC1(C)C. The lowest BCUT2D eigenvalue weighted by molar-refractivity contribution is -0.119. The molecule has 0 aromatic heterocycles. The van der Waals surface area contributed by atoms with E-state index >= 15 is 0 Å². The second kappa shape index (κ2) is 1.74. The normalized spacial score (nSPS) is 28.2. The second-order valence-corrected chi connectivity index (χ2v) is 4.23. The number of amides is 1. The van der Waals surface area contributed by atoms with Crippen molar-refractivity contribution in [3.05, 3.63) is 0 Å².